The molecule has 6 heteroatoms. The van der Waals surface area contributed by atoms with Crippen molar-refractivity contribution in [1.82, 2.24) is 15.0 Å². The number of hydrogen-bond donors (Lipinski definition) is 1. The number of aromatic nitrogens is 3. The van der Waals surface area contributed by atoms with Gasteiger partial charge in [0.1, 0.15) is 11.6 Å². The van der Waals surface area contributed by atoms with Gasteiger partial charge in [-0.05, 0) is 32.6 Å². The van der Waals surface area contributed by atoms with E-state index in [0.717, 1.165) is 35.3 Å². The first-order valence-corrected chi connectivity index (χ1v) is 8.23. The molecule has 1 aliphatic rings. The Bertz CT molecular complexity index is 635. The van der Waals surface area contributed by atoms with E-state index in [0.29, 0.717) is 6.54 Å². The molecular formula is C15H21N5S. The summed E-state index contributed by atoms with van der Waals surface area (Å²) < 4.78 is 0. The van der Waals surface area contributed by atoms with Crippen molar-refractivity contribution in [2.75, 3.05) is 24.3 Å². The molecular weight excluding hydrogens is 282 g/mol. The van der Waals surface area contributed by atoms with Gasteiger partial charge in [-0.2, -0.15) is 0 Å². The highest BCUT2D eigenvalue weighted by Crippen LogP contribution is 2.26. The van der Waals surface area contributed by atoms with Gasteiger partial charge in [0.05, 0.1) is 12.2 Å². The Balaban J connectivity index is 1.76. The Morgan fingerprint density at radius 1 is 1.19 bits per heavy atom. The van der Waals surface area contributed by atoms with Gasteiger partial charge in [-0.15, -0.1) is 11.3 Å². The molecule has 1 N–H and O–H groups in total. The van der Waals surface area contributed by atoms with Crippen LogP contribution in [0.3, 0.4) is 0 Å². The molecule has 0 amide bonds. The van der Waals surface area contributed by atoms with Crippen LogP contribution in [0.2, 0.25) is 0 Å². The van der Waals surface area contributed by atoms with Crippen molar-refractivity contribution in [3.05, 3.63) is 28.2 Å². The van der Waals surface area contributed by atoms with Crippen LogP contribution in [0.4, 0.5) is 10.9 Å². The lowest BCUT2D eigenvalue weighted by molar-refractivity contribution is 0.659. The highest BCUT2D eigenvalue weighted by Gasteiger charge is 2.16. The summed E-state index contributed by atoms with van der Waals surface area (Å²) in [6, 6.07) is 0. The van der Waals surface area contributed by atoms with E-state index in [1.54, 1.807) is 11.3 Å². The Morgan fingerprint density at radius 2 is 2.00 bits per heavy atom. The van der Waals surface area contributed by atoms with E-state index in [-0.39, 0.29) is 0 Å². The topological polar surface area (TPSA) is 53.9 Å². The third-order valence-corrected chi connectivity index (χ3v) is 4.71. The standard InChI is InChI=1S/C15H21N5S/c1-10-17-13-7-5-4-6-12(13)14(18-10)16-8-11-9-21-15(19-11)20(2)3/h9H,4-8H2,1-3H3,(H,16,17,18). The van der Waals surface area contributed by atoms with E-state index < -0.39 is 0 Å². The Kier molecular flexibility index (Phi) is 4.05. The fraction of sp³-hybridized carbons (Fsp3) is 0.533. The summed E-state index contributed by atoms with van der Waals surface area (Å²) in [5, 5.41) is 6.59. The van der Waals surface area contributed by atoms with Gasteiger partial charge in [0.2, 0.25) is 0 Å². The van der Waals surface area contributed by atoms with Crippen LogP contribution < -0.4 is 10.2 Å². The quantitative estimate of drug-likeness (QED) is 0.941. The maximum Gasteiger partial charge on any atom is 0.185 e. The zero-order chi connectivity index (χ0) is 14.8. The summed E-state index contributed by atoms with van der Waals surface area (Å²) in [7, 11) is 4.03. The highest BCUT2D eigenvalue weighted by atomic mass is 32.1. The average molecular weight is 303 g/mol. The molecule has 0 spiro atoms. The Morgan fingerprint density at radius 3 is 2.76 bits per heavy atom. The number of rotatable bonds is 4. The Hall–Kier alpha value is -1.69. The van der Waals surface area contributed by atoms with Crippen LogP contribution in [-0.4, -0.2) is 29.0 Å². The molecule has 112 valence electrons. The molecule has 21 heavy (non-hydrogen) atoms. The second-order valence-electron chi connectivity index (χ2n) is 5.62. The predicted octanol–water partition coefficient (Wildman–Crippen LogP) is 2.80. The normalized spacial score (nSPS) is 13.9. The number of thiazole rings is 1. The first kappa shape index (κ1) is 14.3. The minimum Gasteiger partial charge on any atom is -0.364 e. The van der Waals surface area contributed by atoms with E-state index in [2.05, 4.69) is 25.6 Å². The molecule has 0 fully saturated rings. The van der Waals surface area contributed by atoms with Gasteiger partial charge in [0.15, 0.2) is 5.13 Å². The van der Waals surface area contributed by atoms with Crippen molar-refractivity contribution in [3.8, 4) is 0 Å². The number of nitrogens with zero attached hydrogens (tertiary/aromatic N) is 4. The minimum atomic E-state index is 0.716. The summed E-state index contributed by atoms with van der Waals surface area (Å²) in [6.07, 6.45) is 4.63. The molecule has 3 rings (SSSR count). The van der Waals surface area contributed by atoms with Crippen molar-refractivity contribution in [2.24, 2.45) is 0 Å². The lowest BCUT2D eigenvalue weighted by Crippen LogP contribution is -2.14. The molecule has 5 nitrogen and oxygen atoms in total. The summed E-state index contributed by atoms with van der Waals surface area (Å²) in [5.41, 5.74) is 3.59. The highest BCUT2D eigenvalue weighted by molar-refractivity contribution is 7.13. The summed E-state index contributed by atoms with van der Waals surface area (Å²) in [6.45, 7) is 2.68. The number of aryl methyl sites for hydroxylation is 2. The van der Waals surface area contributed by atoms with Crippen LogP contribution in [0.5, 0.6) is 0 Å². The minimum absolute atomic E-state index is 0.716. The zero-order valence-electron chi connectivity index (χ0n) is 12.8. The van der Waals surface area contributed by atoms with Crippen molar-refractivity contribution in [2.45, 2.75) is 39.2 Å². The molecule has 2 heterocycles. The van der Waals surface area contributed by atoms with Gasteiger partial charge < -0.3 is 10.2 Å². The first-order valence-electron chi connectivity index (χ1n) is 7.35. The molecule has 0 aliphatic heterocycles. The van der Waals surface area contributed by atoms with Gasteiger partial charge in [0.25, 0.3) is 0 Å². The largest absolute Gasteiger partial charge is 0.364 e. The van der Waals surface area contributed by atoms with Crippen LogP contribution in [0, 0.1) is 6.92 Å². The third kappa shape index (κ3) is 3.15. The fourth-order valence-corrected chi connectivity index (χ4v) is 3.38. The van der Waals surface area contributed by atoms with Crippen LogP contribution in [0.15, 0.2) is 5.38 Å². The van der Waals surface area contributed by atoms with E-state index in [4.69, 9.17) is 0 Å². The van der Waals surface area contributed by atoms with Gasteiger partial charge in [-0.25, -0.2) is 15.0 Å². The number of fused-ring (bicyclic) bond motifs is 1. The molecule has 2 aromatic heterocycles. The number of anilines is 2. The molecule has 0 bridgehead atoms. The van der Waals surface area contributed by atoms with Gasteiger partial charge in [0, 0.05) is 30.7 Å². The van der Waals surface area contributed by atoms with Crippen molar-refractivity contribution in [3.63, 3.8) is 0 Å². The van der Waals surface area contributed by atoms with Crippen molar-refractivity contribution in [1.29, 1.82) is 0 Å². The molecule has 2 aromatic rings. The lowest BCUT2D eigenvalue weighted by Gasteiger charge is -2.19. The van der Waals surface area contributed by atoms with Gasteiger partial charge in [-0.3, -0.25) is 0 Å². The van der Waals surface area contributed by atoms with E-state index in [1.807, 2.05) is 25.9 Å². The molecule has 0 atom stereocenters. The lowest BCUT2D eigenvalue weighted by atomic mass is 9.96. The monoisotopic (exact) mass is 303 g/mol. The van der Waals surface area contributed by atoms with Crippen LogP contribution in [-0.2, 0) is 19.4 Å². The first-order chi connectivity index (χ1) is 10.1. The van der Waals surface area contributed by atoms with E-state index in [9.17, 15) is 0 Å². The average Bonchev–Trinajstić information content (AvgIpc) is 2.93. The maximum absolute atomic E-state index is 4.60. The number of hydrogen-bond acceptors (Lipinski definition) is 6. The molecule has 1 aliphatic carbocycles. The predicted molar refractivity (Wildman–Crippen MR) is 87.2 cm³/mol. The molecule has 0 saturated heterocycles. The summed E-state index contributed by atoms with van der Waals surface area (Å²) >= 11 is 1.67. The van der Waals surface area contributed by atoms with Gasteiger partial charge in [-0.1, -0.05) is 0 Å². The smallest absolute Gasteiger partial charge is 0.185 e. The summed E-state index contributed by atoms with van der Waals surface area (Å²) in [5.74, 6) is 1.85. The third-order valence-electron chi connectivity index (χ3n) is 3.65. The fourth-order valence-electron chi connectivity index (χ4n) is 2.62. The van der Waals surface area contributed by atoms with E-state index in [1.165, 1.54) is 24.1 Å². The zero-order valence-corrected chi connectivity index (χ0v) is 13.6. The second kappa shape index (κ2) is 5.97. The van der Waals surface area contributed by atoms with Gasteiger partial charge >= 0.3 is 0 Å². The van der Waals surface area contributed by atoms with Crippen LogP contribution in [0.25, 0.3) is 0 Å². The van der Waals surface area contributed by atoms with Crippen LogP contribution >= 0.6 is 11.3 Å². The summed E-state index contributed by atoms with van der Waals surface area (Å²) in [4.78, 5) is 15.8. The maximum atomic E-state index is 4.60. The SMILES string of the molecule is Cc1nc2c(c(NCc3csc(N(C)C)n3)n1)CCCC2. The molecule has 0 radical (unpaired) electrons. The molecule has 0 saturated carbocycles. The molecule has 0 unspecified atom stereocenters. The van der Waals surface area contributed by atoms with Crippen LogP contribution in [0.1, 0.15) is 35.6 Å². The second-order valence-corrected chi connectivity index (χ2v) is 6.46. The molecule has 0 aromatic carbocycles. The number of nitrogens with one attached hydrogen (secondary N) is 1. The van der Waals surface area contributed by atoms with E-state index >= 15 is 0 Å². The van der Waals surface area contributed by atoms with Crippen molar-refractivity contribution < 1.29 is 0 Å². The Labute approximate surface area is 129 Å². The van der Waals surface area contributed by atoms with Crippen molar-refractivity contribution >= 4 is 22.3 Å².